The first-order valence-electron chi connectivity index (χ1n) is 10.9. The lowest BCUT2D eigenvalue weighted by molar-refractivity contribution is 0.0418. The van der Waals surface area contributed by atoms with Crippen LogP contribution in [-0.2, 0) is 11.2 Å². The standard InChI is InChI=1S/C24H39N3O3/c1-6-24(7-2,14-11-15-25)18-26-17-21(28)20(16-19-12-9-8-10-13-19)27-22(29)30-23(3,4)5/h8-10,12-13,20-21,26,28H,6-7,11,14,16-18H2,1-5H3,(H,27,29)/t20-,21?/m0/s1. The number of nitriles is 1. The van der Waals surface area contributed by atoms with Gasteiger partial charge in [0.05, 0.1) is 18.2 Å². The molecule has 3 N–H and O–H groups in total. The topological polar surface area (TPSA) is 94.4 Å². The monoisotopic (exact) mass is 417 g/mol. The zero-order valence-electron chi connectivity index (χ0n) is 19.2. The average molecular weight is 418 g/mol. The van der Waals surface area contributed by atoms with Crippen molar-refractivity contribution in [3.8, 4) is 6.07 Å². The van der Waals surface area contributed by atoms with Gasteiger partial charge in [0.25, 0.3) is 0 Å². The van der Waals surface area contributed by atoms with Crippen LogP contribution in [0, 0.1) is 16.7 Å². The first-order valence-corrected chi connectivity index (χ1v) is 10.9. The molecule has 0 aliphatic heterocycles. The van der Waals surface area contributed by atoms with Crippen molar-refractivity contribution in [3.05, 3.63) is 35.9 Å². The van der Waals surface area contributed by atoms with Gasteiger partial charge >= 0.3 is 6.09 Å². The first kappa shape index (κ1) is 25.9. The summed E-state index contributed by atoms with van der Waals surface area (Å²) in [5.74, 6) is 0. The molecule has 30 heavy (non-hydrogen) atoms. The van der Waals surface area contributed by atoms with Gasteiger partial charge in [-0.25, -0.2) is 4.79 Å². The number of hydrogen-bond donors (Lipinski definition) is 3. The maximum atomic E-state index is 12.3. The highest BCUT2D eigenvalue weighted by atomic mass is 16.6. The Labute approximate surface area is 182 Å². The van der Waals surface area contributed by atoms with Gasteiger partial charge in [-0.3, -0.25) is 0 Å². The third-order valence-corrected chi connectivity index (χ3v) is 5.59. The molecule has 1 amide bonds. The third kappa shape index (κ3) is 9.60. The molecule has 1 aromatic carbocycles. The molecule has 1 rings (SSSR count). The number of nitrogens with one attached hydrogen (secondary N) is 2. The Bertz CT molecular complexity index is 661. The van der Waals surface area contributed by atoms with Crippen molar-refractivity contribution < 1.29 is 14.6 Å². The minimum atomic E-state index is -0.778. The number of alkyl carbamates (subject to hydrolysis) is 1. The van der Waals surface area contributed by atoms with Gasteiger partial charge in [-0.15, -0.1) is 0 Å². The predicted molar refractivity (Wildman–Crippen MR) is 120 cm³/mol. The number of benzene rings is 1. The molecular formula is C24H39N3O3. The summed E-state index contributed by atoms with van der Waals surface area (Å²) >= 11 is 0. The number of amides is 1. The fourth-order valence-electron chi connectivity index (χ4n) is 3.50. The molecule has 1 aromatic rings. The Morgan fingerprint density at radius 2 is 1.83 bits per heavy atom. The maximum absolute atomic E-state index is 12.3. The summed E-state index contributed by atoms with van der Waals surface area (Å²) < 4.78 is 5.38. The molecule has 6 nitrogen and oxygen atoms in total. The predicted octanol–water partition coefficient (Wildman–Crippen LogP) is 4.18. The van der Waals surface area contributed by atoms with E-state index in [0.717, 1.165) is 31.4 Å². The van der Waals surface area contributed by atoms with E-state index in [0.29, 0.717) is 19.4 Å². The molecule has 0 bridgehead atoms. The lowest BCUT2D eigenvalue weighted by Gasteiger charge is -2.33. The Hall–Kier alpha value is -2.10. The Kier molecular flexibility index (Phi) is 10.9. The fraction of sp³-hybridized carbons (Fsp3) is 0.667. The van der Waals surface area contributed by atoms with Crippen molar-refractivity contribution in [2.75, 3.05) is 13.1 Å². The van der Waals surface area contributed by atoms with E-state index in [-0.39, 0.29) is 5.41 Å². The van der Waals surface area contributed by atoms with Crippen LogP contribution < -0.4 is 10.6 Å². The second-order valence-corrected chi connectivity index (χ2v) is 9.01. The van der Waals surface area contributed by atoms with E-state index in [1.165, 1.54) is 0 Å². The molecule has 0 heterocycles. The Balaban J connectivity index is 2.77. The largest absolute Gasteiger partial charge is 0.444 e. The Morgan fingerprint density at radius 3 is 2.37 bits per heavy atom. The molecule has 0 aliphatic rings. The van der Waals surface area contributed by atoms with E-state index >= 15 is 0 Å². The Morgan fingerprint density at radius 1 is 1.20 bits per heavy atom. The molecule has 6 heteroatoms. The first-order chi connectivity index (χ1) is 14.1. The number of rotatable bonds is 12. The van der Waals surface area contributed by atoms with Gasteiger partial charge in [0.15, 0.2) is 0 Å². The minimum absolute atomic E-state index is 0.0446. The van der Waals surface area contributed by atoms with Crippen LogP contribution >= 0.6 is 0 Å². The van der Waals surface area contributed by atoms with Crippen LogP contribution in [0.15, 0.2) is 30.3 Å². The van der Waals surface area contributed by atoms with Gasteiger partial charge in [0.1, 0.15) is 5.60 Å². The van der Waals surface area contributed by atoms with E-state index in [2.05, 4.69) is 30.6 Å². The number of carbonyl (C=O) groups excluding carboxylic acids is 1. The maximum Gasteiger partial charge on any atom is 0.407 e. The number of aliphatic hydroxyl groups excluding tert-OH is 1. The van der Waals surface area contributed by atoms with E-state index in [9.17, 15) is 9.90 Å². The molecule has 0 fully saturated rings. The lowest BCUT2D eigenvalue weighted by atomic mass is 9.78. The van der Waals surface area contributed by atoms with Crippen LogP contribution in [0.3, 0.4) is 0 Å². The van der Waals surface area contributed by atoms with Crippen molar-refractivity contribution in [1.29, 1.82) is 5.26 Å². The van der Waals surface area contributed by atoms with Crippen LogP contribution in [0.1, 0.15) is 65.9 Å². The normalized spacial score (nSPS) is 13.9. The van der Waals surface area contributed by atoms with Crippen molar-refractivity contribution in [2.45, 2.75) is 84.5 Å². The van der Waals surface area contributed by atoms with Crippen LogP contribution in [0.4, 0.5) is 4.79 Å². The SMILES string of the molecule is CCC(CC)(CCC#N)CNCC(O)[C@H](Cc1ccccc1)NC(=O)OC(C)(C)C. The van der Waals surface area contributed by atoms with E-state index in [4.69, 9.17) is 10.00 Å². The number of carbonyl (C=O) groups is 1. The molecule has 0 saturated heterocycles. The van der Waals surface area contributed by atoms with E-state index in [1.54, 1.807) is 0 Å². The van der Waals surface area contributed by atoms with Gasteiger partial charge in [-0.2, -0.15) is 5.26 Å². The zero-order valence-corrected chi connectivity index (χ0v) is 19.2. The van der Waals surface area contributed by atoms with Crippen LogP contribution in [0.2, 0.25) is 0 Å². The van der Waals surface area contributed by atoms with Gasteiger partial charge in [-0.05, 0) is 57.4 Å². The average Bonchev–Trinajstić information content (AvgIpc) is 2.69. The van der Waals surface area contributed by atoms with Crippen LogP contribution in [0.5, 0.6) is 0 Å². The molecule has 0 aromatic heterocycles. The second-order valence-electron chi connectivity index (χ2n) is 9.01. The lowest BCUT2D eigenvalue weighted by Crippen LogP contribution is -2.50. The van der Waals surface area contributed by atoms with Crippen LogP contribution in [0.25, 0.3) is 0 Å². The number of aliphatic hydroxyl groups is 1. The van der Waals surface area contributed by atoms with Crippen molar-refractivity contribution in [1.82, 2.24) is 10.6 Å². The highest BCUT2D eigenvalue weighted by Crippen LogP contribution is 2.31. The summed E-state index contributed by atoms with van der Waals surface area (Å²) in [6, 6.07) is 11.5. The minimum Gasteiger partial charge on any atom is -0.444 e. The molecule has 0 spiro atoms. The van der Waals surface area contributed by atoms with Crippen LogP contribution in [-0.4, -0.2) is 42.0 Å². The molecule has 0 radical (unpaired) electrons. The highest BCUT2D eigenvalue weighted by Gasteiger charge is 2.28. The van der Waals surface area contributed by atoms with E-state index in [1.807, 2.05) is 51.1 Å². The summed E-state index contributed by atoms with van der Waals surface area (Å²) in [5.41, 5.74) is 0.471. The van der Waals surface area contributed by atoms with Crippen molar-refractivity contribution in [3.63, 3.8) is 0 Å². The third-order valence-electron chi connectivity index (χ3n) is 5.59. The molecule has 2 atom stereocenters. The fourth-order valence-corrected chi connectivity index (χ4v) is 3.50. The molecular weight excluding hydrogens is 378 g/mol. The van der Waals surface area contributed by atoms with Crippen molar-refractivity contribution in [2.24, 2.45) is 5.41 Å². The van der Waals surface area contributed by atoms with Gasteiger partial charge in [0, 0.05) is 19.5 Å². The quantitative estimate of drug-likeness (QED) is 0.474. The van der Waals surface area contributed by atoms with Gasteiger partial charge in [0.2, 0.25) is 0 Å². The molecule has 1 unspecified atom stereocenters. The number of nitrogens with zero attached hydrogens (tertiary/aromatic N) is 1. The number of hydrogen-bond acceptors (Lipinski definition) is 5. The summed E-state index contributed by atoms with van der Waals surface area (Å²) in [5, 5.41) is 26.0. The summed E-state index contributed by atoms with van der Waals surface area (Å²) in [4.78, 5) is 12.3. The smallest absolute Gasteiger partial charge is 0.407 e. The molecule has 0 aliphatic carbocycles. The highest BCUT2D eigenvalue weighted by molar-refractivity contribution is 5.68. The molecule has 0 saturated carbocycles. The van der Waals surface area contributed by atoms with Gasteiger partial charge < -0.3 is 20.5 Å². The molecule has 168 valence electrons. The summed E-state index contributed by atoms with van der Waals surface area (Å²) in [6.07, 6.45) is 2.50. The number of ether oxygens (including phenoxy) is 1. The second kappa shape index (κ2) is 12.6. The summed E-state index contributed by atoms with van der Waals surface area (Å²) in [6.45, 7) is 10.8. The summed E-state index contributed by atoms with van der Waals surface area (Å²) in [7, 11) is 0. The van der Waals surface area contributed by atoms with E-state index < -0.39 is 23.8 Å². The zero-order chi connectivity index (χ0) is 22.6. The van der Waals surface area contributed by atoms with Crippen molar-refractivity contribution >= 4 is 6.09 Å². The van der Waals surface area contributed by atoms with Gasteiger partial charge in [-0.1, -0.05) is 44.2 Å².